The molecule has 1 saturated heterocycles. The number of furan rings is 2. The van der Waals surface area contributed by atoms with Crippen molar-refractivity contribution >= 4 is 23.9 Å². The van der Waals surface area contributed by atoms with E-state index in [-0.39, 0.29) is 35.1 Å². The Morgan fingerprint density at radius 3 is 2.00 bits per heavy atom. The highest BCUT2D eigenvalue weighted by Crippen LogP contribution is 2.69. The van der Waals surface area contributed by atoms with Crippen LogP contribution in [0.1, 0.15) is 78.5 Å². The van der Waals surface area contributed by atoms with Gasteiger partial charge in [0.25, 0.3) is 0 Å². The van der Waals surface area contributed by atoms with Gasteiger partial charge < -0.3 is 42.2 Å². The Hall–Kier alpha value is -4.69. The molecule has 8 atom stereocenters. The Balaban J connectivity index is 1.57. The van der Waals surface area contributed by atoms with Crippen LogP contribution in [-0.4, -0.2) is 74.8 Å². The van der Waals surface area contributed by atoms with E-state index in [1.807, 2.05) is 0 Å². The van der Waals surface area contributed by atoms with E-state index >= 15 is 0 Å². The summed E-state index contributed by atoms with van der Waals surface area (Å²) in [6, 6.07) is 5.31. The number of nitrogens with zero attached hydrogens (tertiary/aromatic N) is 1. The molecule has 256 valence electrons. The number of hydrogen-bond acceptors (Lipinski definition) is 13. The molecule has 0 unspecified atom stereocenters. The standard InChI is InChI=1S/C34H37NO13/c1-18(36)44-26-24-25(46-28(38)19-7-8-23(37)35(6)15-19)27(47-30(40)21-11-14-43-17-21)33(5)22(45-29(39)20-10-13-42-16-20)9-12-32(4,41)34(26,33)48-31(24,2)3/h7-8,10-11,13-17,22,24-27,41H,9,12H2,1-6H3/t22-,24+,25-,26+,27+,32-,33-,34-/m0/s1. The Morgan fingerprint density at radius 2 is 1.44 bits per heavy atom. The quantitative estimate of drug-likeness (QED) is 0.287. The lowest BCUT2D eigenvalue weighted by Gasteiger charge is -2.65. The largest absolute Gasteiger partial charge is 0.472 e. The van der Waals surface area contributed by atoms with Crippen LogP contribution in [0.4, 0.5) is 0 Å². The van der Waals surface area contributed by atoms with Gasteiger partial charge in [0.2, 0.25) is 5.56 Å². The number of ether oxygens (including phenoxy) is 5. The van der Waals surface area contributed by atoms with Crippen LogP contribution in [-0.2, 0) is 35.5 Å². The average molecular weight is 668 g/mol. The van der Waals surface area contributed by atoms with Gasteiger partial charge in [0.15, 0.2) is 6.10 Å². The van der Waals surface area contributed by atoms with Gasteiger partial charge in [-0.3, -0.25) is 9.59 Å². The van der Waals surface area contributed by atoms with Crippen molar-refractivity contribution in [1.29, 1.82) is 0 Å². The fourth-order valence-corrected chi connectivity index (χ4v) is 8.09. The van der Waals surface area contributed by atoms with Gasteiger partial charge in [-0.1, -0.05) is 0 Å². The van der Waals surface area contributed by atoms with Gasteiger partial charge in [-0.2, -0.15) is 0 Å². The summed E-state index contributed by atoms with van der Waals surface area (Å²) in [7, 11) is 1.47. The van der Waals surface area contributed by atoms with E-state index in [0.29, 0.717) is 0 Å². The summed E-state index contributed by atoms with van der Waals surface area (Å²) >= 11 is 0. The number of esters is 4. The predicted octanol–water partition coefficient (Wildman–Crippen LogP) is 3.21. The van der Waals surface area contributed by atoms with Gasteiger partial charge in [0, 0.05) is 26.2 Å². The number of rotatable bonds is 7. The monoisotopic (exact) mass is 667 g/mol. The summed E-state index contributed by atoms with van der Waals surface area (Å²) in [5, 5.41) is 12.3. The molecule has 14 heteroatoms. The fraction of sp³-hybridized carbons (Fsp3) is 0.500. The topological polar surface area (TPSA) is 183 Å². The van der Waals surface area contributed by atoms with Crippen LogP contribution in [0, 0.1) is 11.3 Å². The van der Waals surface area contributed by atoms with Gasteiger partial charge in [0.05, 0.1) is 51.8 Å². The van der Waals surface area contributed by atoms with Crippen LogP contribution >= 0.6 is 0 Å². The molecule has 2 saturated carbocycles. The van der Waals surface area contributed by atoms with Crippen molar-refractivity contribution in [3.05, 3.63) is 82.6 Å². The molecule has 0 radical (unpaired) electrons. The minimum absolute atomic E-state index is 0.0123. The molecule has 3 aromatic rings. The second-order valence-electron chi connectivity index (χ2n) is 13.6. The van der Waals surface area contributed by atoms with Crippen molar-refractivity contribution in [1.82, 2.24) is 4.57 Å². The normalized spacial score (nSPS) is 33.3. The van der Waals surface area contributed by atoms with Gasteiger partial charge in [-0.15, -0.1) is 0 Å². The molecule has 2 aliphatic carbocycles. The highest BCUT2D eigenvalue weighted by atomic mass is 16.6. The van der Waals surface area contributed by atoms with Crippen molar-refractivity contribution in [3.8, 4) is 0 Å². The summed E-state index contributed by atoms with van der Waals surface area (Å²) in [5.41, 5.74) is -6.88. The predicted molar refractivity (Wildman–Crippen MR) is 162 cm³/mol. The van der Waals surface area contributed by atoms with Crippen molar-refractivity contribution in [3.63, 3.8) is 0 Å². The summed E-state index contributed by atoms with van der Waals surface area (Å²) in [6.07, 6.45) is 1.03. The van der Waals surface area contributed by atoms with Crippen LogP contribution < -0.4 is 5.56 Å². The molecule has 48 heavy (non-hydrogen) atoms. The van der Waals surface area contributed by atoms with Crippen molar-refractivity contribution < 1.29 is 56.8 Å². The van der Waals surface area contributed by atoms with Gasteiger partial charge >= 0.3 is 23.9 Å². The van der Waals surface area contributed by atoms with Crippen molar-refractivity contribution in [2.45, 2.75) is 88.7 Å². The minimum atomic E-state index is -1.87. The van der Waals surface area contributed by atoms with E-state index < -0.39 is 76.4 Å². The van der Waals surface area contributed by atoms with Gasteiger partial charge in [-0.05, 0) is 58.7 Å². The number of aromatic nitrogens is 1. The first-order valence-corrected chi connectivity index (χ1v) is 15.5. The molecule has 2 bridgehead atoms. The fourth-order valence-electron chi connectivity index (χ4n) is 8.09. The molecule has 0 amide bonds. The van der Waals surface area contributed by atoms with E-state index in [1.54, 1.807) is 20.8 Å². The maximum Gasteiger partial charge on any atom is 0.341 e. The highest BCUT2D eigenvalue weighted by molar-refractivity contribution is 5.90. The number of carbonyl (C=O) groups is 4. The maximum atomic E-state index is 13.9. The summed E-state index contributed by atoms with van der Waals surface area (Å²) < 4.78 is 42.9. The number of aliphatic hydroxyl groups is 1. The minimum Gasteiger partial charge on any atom is -0.472 e. The molecule has 3 aliphatic rings. The molecule has 1 spiro atoms. The third kappa shape index (κ3) is 4.96. The average Bonchev–Trinajstić information content (AvgIpc) is 3.77. The molecular formula is C34H37NO13. The highest BCUT2D eigenvalue weighted by Gasteiger charge is 2.85. The first-order chi connectivity index (χ1) is 22.5. The lowest BCUT2D eigenvalue weighted by molar-refractivity contribution is -0.334. The first kappa shape index (κ1) is 33.2. The third-order valence-corrected chi connectivity index (χ3v) is 10.2. The molecule has 3 aromatic heterocycles. The second kappa shape index (κ2) is 11.5. The van der Waals surface area contributed by atoms with E-state index in [1.165, 1.54) is 81.0 Å². The molecule has 4 heterocycles. The molecule has 0 aromatic carbocycles. The zero-order valence-corrected chi connectivity index (χ0v) is 27.3. The molecule has 1 N–H and O–H groups in total. The molecule has 1 aliphatic heterocycles. The van der Waals surface area contributed by atoms with Crippen LogP contribution in [0.3, 0.4) is 0 Å². The smallest absolute Gasteiger partial charge is 0.341 e. The Bertz CT molecular complexity index is 1790. The van der Waals surface area contributed by atoms with Crippen LogP contribution in [0.25, 0.3) is 0 Å². The SMILES string of the molecule is CC(=O)O[C@@H]1[C@H]2[C@H](OC(=O)c3ccc(=O)n(C)c3)[C@@H](OC(=O)c3ccoc3)[C@]3(C)[C@@H](OC(=O)c4ccoc4)CC[C@](C)(O)[C@@]13OC2(C)C. The summed E-state index contributed by atoms with van der Waals surface area (Å²) in [4.78, 5) is 65.9. The number of pyridine rings is 1. The van der Waals surface area contributed by atoms with Crippen LogP contribution in [0.5, 0.6) is 0 Å². The summed E-state index contributed by atoms with van der Waals surface area (Å²) in [6.45, 7) is 7.70. The Morgan fingerprint density at radius 1 is 0.833 bits per heavy atom. The number of hydrogen-bond donors (Lipinski definition) is 1. The molecule has 6 rings (SSSR count). The van der Waals surface area contributed by atoms with E-state index in [0.717, 1.165) is 0 Å². The zero-order chi connectivity index (χ0) is 34.8. The van der Waals surface area contributed by atoms with E-state index in [4.69, 9.17) is 32.5 Å². The third-order valence-electron chi connectivity index (χ3n) is 10.2. The maximum absolute atomic E-state index is 13.9. The van der Waals surface area contributed by atoms with Crippen LogP contribution in [0.2, 0.25) is 0 Å². The first-order valence-electron chi connectivity index (χ1n) is 15.5. The second-order valence-corrected chi connectivity index (χ2v) is 13.6. The molecular weight excluding hydrogens is 630 g/mol. The van der Waals surface area contributed by atoms with E-state index in [2.05, 4.69) is 0 Å². The van der Waals surface area contributed by atoms with Gasteiger partial charge in [0.1, 0.15) is 36.4 Å². The van der Waals surface area contributed by atoms with Crippen molar-refractivity contribution in [2.24, 2.45) is 18.4 Å². The Kier molecular flexibility index (Phi) is 7.94. The Labute approximate surface area is 274 Å². The number of carbonyl (C=O) groups excluding carboxylic acids is 4. The van der Waals surface area contributed by atoms with Crippen LogP contribution in [0.15, 0.2) is 69.1 Å². The number of fused-ring (bicyclic) bond motifs is 1. The zero-order valence-electron chi connectivity index (χ0n) is 27.3. The lowest BCUT2D eigenvalue weighted by Crippen LogP contribution is -2.81. The van der Waals surface area contributed by atoms with Gasteiger partial charge in [-0.25, -0.2) is 14.4 Å². The summed E-state index contributed by atoms with van der Waals surface area (Å²) in [5.74, 6) is -4.24. The van der Waals surface area contributed by atoms with Crippen molar-refractivity contribution in [2.75, 3.05) is 0 Å². The molecule has 14 nitrogen and oxygen atoms in total. The number of aryl methyl sites for hydroxylation is 1. The van der Waals surface area contributed by atoms with E-state index in [9.17, 15) is 29.1 Å². The molecule has 3 fully saturated rings. The lowest BCUT2D eigenvalue weighted by atomic mass is 9.47.